The molecule has 112 valence electrons. The predicted octanol–water partition coefficient (Wildman–Crippen LogP) is 3.74. The molecular formula is C16H18ClNO2S. The number of phenolic OH excluding ortho intramolecular Hbond substituents is 1. The lowest BCUT2D eigenvalue weighted by Gasteiger charge is -2.25. The highest BCUT2D eigenvalue weighted by Gasteiger charge is 2.18. The van der Waals surface area contributed by atoms with E-state index in [2.05, 4.69) is 6.07 Å². The van der Waals surface area contributed by atoms with Gasteiger partial charge in [-0.2, -0.15) is 0 Å². The lowest BCUT2D eigenvalue weighted by molar-refractivity contribution is -0.130. The molecule has 0 aliphatic carbocycles. The number of hydrogen-bond acceptors (Lipinski definition) is 3. The van der Waals surface area contributed by atoms with Crippen LogP contribution >= 0.6 is 22.9 Å². The van der Waals surface area contributed by atoms with Crippen molar-refractivity contribution in [1.29, 1.82) is 0 Å². The molecule has 0 bridgehead atoms. The molecule has 5 heteroatoms. The van der Waals surface area contributed by atoms with Crippen LogP contribution < -0.4 is 0 Å². The van der Waals surface area contributed by atoms with E-state index >= 15 is 0 Å². The molecule has 1 aromatic carbocycles. The van der Waals surface area contributed by atoms with Gasteiger partial charge in [0.05, 0.1) is 6.42 Å². The number of aromatic hydroxyl groups is 1. The summed E-state index contributed by atoms with van der Waals surface area (Å²) < 4.78 is 0. The number of nitrogens with zero attached hydrogens (tertiary/aromatic N) is 1. The van der Waals surface area contributed by atoms with Crippen molar-refractivity contribution in [3.63, 3.8) is 0 Å². The van der Waals surface area contributed by atoms with Crippen LogP contribution in [-0.4, -0.2) is 29.0 Å². The first-order valence-corrected chi connectivity index (χ1v) is 7.98. The molecule has 1 amide bonds. The van der Waals surface area contributed by atoms with Gasteiger partial charge >= 0.3 is 0 Å². The van der Waals surface area contributed by atoms with E-state index in [9.17, 15) is 9.90 Å². The van der Waals surface area contributed by atoms with Crippen LogP contribution in [0.4, 0.5) is 0 Å². The van der Waals surface area contributed by atoms with Crippen molar-refractivity contribution in [2.75, 3.05) is 7.05 Å². The van der Waals surface area contributed by atoms with Gasteiger partial charge in [-0.3, -0.25) is 4.79 Å². The fraction of sp³-hybridized carbons (Fsp3) is 0.312. The molecule has 1 heterocycles. The van der Waals surface area contributed by atoms with Crippen molar-refractivity contribution in [1.82, 2.24) is 4.90 Å². The SMILES string of the molecule is C[C@@H](Cc1cccs1)N(C)C(=O)Cc1ccc(O)cc1Cl. The molecule has 0 spiro atoms. The monoisotopic (exact) mass is 323 g/mol. The van der Waals surface area contributed by atoms with E-state index in [0.717, 1.165) is 12.0 Å². The van der Waals surface area contributed by atoms with E-state index in [1.54, 1.807) is 28.4 Å². The number of rotatable bonds is 5. The standard InChI is InChI=1S/C16H18ClNO2S/c1-11(8-14-4-3-7-21-14)18(2)16(20)9-12-5-6-13(19)10-15(12)17/h3-7,10-11,19H,8-9H2,1-2H3/t11-/m0/s1. The summed E-state index contributed by atoms with van der Waals surface area (Å²) in [5, 5.41) is 11.8. The molecule has 0 unspecified atom stereocenters. The molecule has 0 aliphatic heterocycles. The second-order valence-corrected chi connectivity index (χ2v) is 6.53. The van der Waals surface area contributed by atoms with Gasteiger partial charge in [0.2, 0.25) is 5.91 Å². The molecule has 0 aliphatic rings. The molecule has 1 aromatic heterocycles. The Morgan fingerprint density at radius 1 is 1.43 bits per heavy atom. The third-order valence-electron chi connectivity index (χ3n) is 3.51. The van der Waals surface area contributed by atoms with E-state index in [-0.39, 0.29) is 24.1 Å². The summed E-state index contributed by atoms with van der Waals surface area (Å²) in [7, 11) is 1.81. The quantitative estimate of drug-likeness (QED) is 0.910. The van der Waals surface area contributed by atoms with Crippen molar-refractivity contribution in [3.8, 4) is 5.75 Å². The van der Waals surface area contributed by atoms with Gasteiger partial charge in [0.15, 0.2) is 0 Å². The van der Waals surface area contributed by atoms with E-state index < -0.39 is 0 Å². The zero-order chi connectivity index (χ0) is 15.4. The number of thiophene rings is 1. The molecule has 1 N–H and O–H groups in total. The average Bonchev–Trinajstić information content (AvgIpc) is 2.93. The zero-order valence-corrected chi connectivity index (χ0v) is 13.6. The maximum absolute atomic E-state index is 12.3. The normalized spacial score (nSPS) is 12.1. The lowest BCUT2D eigenvalue weighted by atomic mass is 10.1. The van der Waals surface area contributed by atoms with Gasteiger partial charge in [-0.25, -0.2) is 0 Å². The Morgan fingerprint density at radius 2 is 2.19 bits per heavy atom. The van der Waals surface area contributed by atoms with Crippen LogP contribution in [0.5, 0.6) is 5.75 Å². The minimum atomic E-state index is 0.0200. The summed E-state index contributed by atoms with van der Waals surface area (Å²) in [6.45, 7) is 2.04. The maximum Gasteiger partial charge on any atom is 0.227 e. The number of halogens is 1. The first kappa shape index (κ1) is 15.9. The highest BCUT2D eigenvalue weighted by molar-refractivity contribution is 7.09. The van der Waals surface area contributed by atoms with Crippen molar-refractivity contribution < 1.29 is 9.90 Å². The van der Waals surface area contributed by atoms with Gasteiger partial charge in [0.25, 0.3) is 0 Å². The minimum absolute atomic E-state index is 0.0200. The third-order valence-corrected chi connectivity index (χ3v) is 4.76. The van der Waals surface area contributed by atoms with Crippen LogP contribution in [0.15, 0.2) is 35.7 Å². The average molecular weight is 324 g/mol. The first-order valence-electron chi connectivity index (χ1n) is 6.73. The minimum Gasteiger partial charge on any atom is -0.508 e. The molecule has 1 atom stereocenters. The molecule has 0 radical (unpaired) electrons. The fourth-order valence-electron chi connectivity index (χ4n) is 2.07. The van der Waals surface area contributed by atoms with Gasteiger partial charge in [0.1, 0.15) is 5.75 Å². The number of likely N-dealkylation sites (N-methyl/N-ethyl adjacent to an activating group) is 1. The smallest absolute Gasteiger partial charge is 0.227 e. The van der Waals surface area contributed by atoms with E-state index in [1.165, 1.54) is 10.9 Å². The molecule has 0 fully saturated rings. The Bertz CT molecular complexity index is 613. The van der Waals surface area contributed by atoms with Crippen molar-refractivity contribution in [3.05, 3.63) is 51.2 Å². The number of amides is 1. The number of carbonyl (C=O) groups excluding carboxylic acids is 1. The summed E-state index contributed by atoms with van der Waals surface area (Å²) in [5.74, 6) is 0.127. The lowest BCUT2D eigenvalue weighted by Crippen LogP contribution is -2.37. The van der Waals surface area contributed by atoms with Gasteiger partial charge < -0.3 is 10.0 Å². The summed E-state index contributed by atoms with van der Waals surface area (Å²) in [4.78, 5) is 15.3. The maximum atomic E-state index is 12.3. The summed E-state index contributed by atoms with van der Waals surface area (Å²) in [5.41, 5.74) is 0.731. The van der Waals surface area contributed by atoms with Gasteiger partial charge in [-0.1, -0.05) is 23.7 Å². The highest BCUT2D eigenvalue weighted by Crippen LogP contribution is 2.22. The summed E-state index contributed by atoms with van der Waals surface area (Å²) >= 11 is 7.75. The molecule has 3 nitrogen and oxygen atoms in total. The number of phenols is 1. The molecule has 21 heavy (non-hydrogen) atoms. The Hall–Kier alpha value is -1.52. The first-order chi connectivity index (χ1) is 9.97. The molecular weight excluding hydrogens is 306 g/mol. The number of benzene rings is 1. The second-order valence-electron chi connectivity index (χ2n) is 5.09. The van der Waals surface area contributed by atoms with Crippen LogP contribution in [-0.2, 0) is 17.6 Å². The Morgan fingerprint density at radius 3 is 2.81 bits per heavy atom. The van der Waals surface area contributed by atoms with E-state index in [1.807, 2.05) is 25.4 Å². The third kappa shape index (κ3) is 4.22. The molecule has 0 saturated heterocycles. The zero-order valence-electron chi connectivity index (χ0n) is 12.0. The van der Waals surface area contributed by atoms with E-state index in [0.29, 0.717) is 5.02 Å². The Balaban J connectivity index is 1.98. The predicted molar refractivity (Wildman–Crippen MR) is 87.1 cm³/mol. The van der Waals surface area contributed by atoms with Gasteiger partial charge in [0, 0.05) is 29.4 Å². The van der Waals surface area contributed by atoms with Crippen LogP contribution in [0.1, 0.15) is 17.4 Å². The van der Waals surface area contributed by atoms with Crippen LogP contribution in [0.25, 0.3) is 0 Å². The van der Waals surface area contributed by atoms with Gasteiger partial charge in [-0.15, -0.1) is 11.3 Å². The topological polar surface area (TPSA) is 40.5 Å². The van der Waals surface area contributed by atoms with E-state index in [4.69, 9.17) is 11.6 Å². The highest BCUT2D eigenvalue weighted by atomic mass is 35.5. The van der Waals surface area contributed by atoms with Crippen molar-refractivity contribution in [2.45, 2.75) is 25.8 Å². The second kappa shape index (κ2) is 6.96. The van der Waals surface area contributed by atoms with Crippen molar-refractivity contribution >= 4 is 28.8 Å². The largest absolute Gasteiger partial charge is 0.508 e. The Labute approximate surface area is 133 Å². The Kier molecular flexibility index (Phi) is 5.26. The summed E-state index contributed by atoms with van der Waals surface area (Å²) in [6.07, 6.45) is 1.09. The van der Waals surface area contributed by atoms with Crippen LogP contribution in [0.3, 0.4) is 0 Å². The molecule has 2 aromatic rings. The van der Waals surface area contributed by atoms with Gasteiger partial charge in [-0.05, 0) is 36.1 Å². The number of hydrogen-bond donors (Lipinski definition) is 1. The van der Waals surface area contributed by atoms with Crippen LogP contribution in [0, 0.1) is 0 Å². The molecule has 0 saturated carbocycles. The van der Waals surface area contributed by atoms with Crippen LogP contribution in [0.2, 0.25) is 5.02 Å². The fourth-order valence-corrected chi connectivity index (χ4v) is 3.14. The van der Waals surface area contributed by atoms with Crippen molar-refractivity contribution in [2.24, 2.45) is 0 Å². The summed E-state index contributed by atoms with van der Waals surface area (Å²) in [6, 6.07) is 8.92. The number of carbonyl (C=O) groups is 1. The molecule has 2 rings (SSSR count).